The van der Waals surface area contributed by atoms with E-state index in [-0.39, 0.29) is 17.8 Å². The van der Waals surface area contributed by atoms with Crippen molar-refractivity contribution in [2.45, 2.75) is 25.4 Å². The van der Waals surface area contributed by atoms with Crippen molar-refractivity contribution in [2.24, 2.45) is 11.5 Å². The van der Waals surface area contributed by atoms with Crippen molar-refractivity contribution in [3.05, 3.63) is 39.9 Å². The molecule has 1 aromatic carbocycles. The molecule has 1 aromatic rings. The molecular weight excluding hydrogens is 232 g/mol. The number of rotatable bonds is 7. The normalized spacial score (nSPS) is 14.2. The average Bonchev–Trinajstić information content (AvgIpc) is 2.29. The molecule has 5 N–H and O–H groups in total. The van der Waals surface area contributed by atoms with Gasteiger partial charge in [0.25, 0.3) is 5.69 Å². The summed E-state index contributed by atoms with van der Waals surface area (Å²) in [6, 6.07) is 6.56. The molecule has 0 heterocycles. The van der Waals surface area contributed by atoms with Crippen LogP contribution in [0.2, 0.25) is 0 Å². The molecule has 2 atom stereocenters. The van der Waals surface area contributed by atoms with Crippen LogP contribution in [0.3, 0.4) is 0 Å². The second kappa shape index (κ2) is 7.05. The number of nitrogens with two attached hydrogens (primary N) is 2. The summed E-state index contributed by atoms with van der Waals surface area (Å²) in [5.74, 6) is 0. The smallest absolute Gasteiger partial charge is 0.269 e. The highest BCUT2D eigenvalue weighted by molar-refractivity contribution is 5.33. The summed E-state index contributed by atoms with van der Waals surface area (Å²) in [6.45, 7) is 3.33. The maximum Gasteiger partial charge on any atom is 0.269 e. The van der Waals surface area contributed by atoms with Gasteiger partial charge in [-0.05, 0) is 18.9 Å². The lowest BCUT2D eigenvalue weighted by Gasteiger charge is -2.14. The topological polar surface area (TPSA) is 107 Å². The van der Waals surface area contributed by atoms with E-state index in [0.717, 1.165) is 12.1 Å². The van der Waals surface area contributed by atoms with E-state index in [1.54, 1.807) is 12.1 Å². The van der Waals surface area contributed by atoms with Gasteiger partial charge in [0.2, 0.25) is 0 Å². The Bertz CT molecular complexity index is 378. The van der Waals surface area contributed by atoms with E-state index in [9.17, 15) is 10.1 Å². The van der Waals surface area contributed by atoms with Gasteiger partial charge in [0, 0.05) is 37.3 Å². The van der Waals surface area contributed by atoms with E-state index in [2.05, 4.69) is 5.32 Å². The van der Waals surface area contributed by atoms with Gasteiger partial charge in [0.1, 0.15) is 0 Å². The molecule has 1 rings (SSSR count). The standard InChI is InChI=1S/C12H20N4O2/c1-9(13)7-15-8-11(14)6-10-2-4-12(5-3-10)16(17)18/h2-5,9,11,15H,6-8,13-14H2,1H3/t9-,11?/m0/s1. The lowest BCUT2D eigenvalue weighted by atomic mass is 10.1. The first kappa shape index (κ1) is 14.6. The molecule has 0 amide bonds. The minimum Gasteiger partial charge on any atom is -0.327 e. The number of nitro benzene ring substituents is 1. The second-order valence-corrected chi connectivity index (χ2v) is 4.52. The predicted molar refractivity (Wildman–Crippen MR) is 71.3 cm³/mol. The molecular formula is C12H20N4O2. The van der Waals surface area contributed by atoms with Gasteiger partial charge >= 0.3 is 0 Å². The number of nitrogens with zero attached hydrogens (tertiary/aromatic N) is 1. The number of hydrogen-bond acceptors (Lipinski definition) is 5. The highest BCUT2D eigenvalue weighted by atomic mass is 16.6. The molecule has 100 valence electrons. The summed E-state index contributed by atoms with van der Waals surface area (Å²) in [7, 11) is 0. The Morgan fingerprint density at radius 2 is 1.89 bits per heavy atom. The molecule has 0 fully saturated rings. The number of benzene rings is 1. The Balaban J connectivity index is 2.39. The van der Waals surface area contributed by atoms with Crippen molar-refractivity contribution < 1.29 is 4.92 Å². The van der Waals surface area contributed by atoms with Crippen LogP contribution in [0.1, 0.15) is 12.5 Å². The van der Waals surface area contributed by atoms with Gasteiger partial charge in [-0.1, -0.05) is 12.1 Å². The van der Waals surface area contributed by atoms with Crippen LogP contribution in [-0.4, -0.2) is 30.1 Å². The fraction of sp³-hybridized carbons (Fsp3) is 0.500. The van der Waals surface area contributed by atoms with Crippen LogP contribution in [0, 0.1) is 10.1 Å². The third-order valence-corrected chi connectivity index (χ3v) is 2.52. The number of nitro groups is 1. The van der Waals surface area contributed by atoms with Gasteiger partial charge in [-0.15, -0.1) is 0 Å². The Hall–Kier alpha value is -1.50. The average molecular weight is 252 g/mol. The summed E-state index contributed by atoms with van der Waals surface area (Å²) in [5.41, 5.74) is 12.7. The maximum atomic E-state index is 10.5. The van der Waals surface area contributed by atoms with Crippen molar-refractivity contribution in [3.8, 4) is 0 Å². The second-order valence-electron chi connectivity index (χ2n) is 4.52. The molecule has 0 saturated carbocycles. The van der Waals surface area contributed by atoms with E-state index in [1.165, 1.54) is 12.1 Å². The lowest BCUT2D eigenvalue weighted by molar-refractivity contribution is -0.384. The SMILES string of the molecule is C[C@H](N)CNCC(N)Cc1ccc([N+](=O)[O-])cc1. The molecule has 1 unspecified atom stereocenters. The van der Waals surface area contributed by atoms with E-state index in [1.807, 2.05) is 6.92 Å². The van der Waals surface area contributed by atoms with E-state index in [0.29, 0.717) is 13.0 Å². The van der Waals surface area contributed by atoms with Gasteiger partial charge < -0.3 is 16.8 Å². The predicted octanol–water partition coefficient (Wildman–Crippen LogP) is 0.401. The fourth-order valence-electron chi connectivity index (χ4n) is 1.63. The van der Waals surface area contributed by atoms with Crippen molar-refractivity contribution in [3.63, 3.8) is 0 Å². The molecule has 6 heteroatoms. The highest BCUT2D eigenvalue weighted by Crippen LogP contribution is 2.12. The summed E-state index contributed by atoms with van der Waals surface area (Å²) >= 11 is 0. The van der Waals surface area contributed by atoms with Crippen LogP contribution in [0.15, 0.2) is 24.3 Å². The third kappa shape index (κ3) is 5.22. The van der Waals surface area contributed by atoms with Crippen LogP contribution >= 0.6 is 0 Å². The lowest BCUT2D eigenvalue weighted by Crippen LogP contribution is -2.40. The first-order valence-electron chi connectivity index (χ1n) is 5.94. The number of hydrogen-bond donors (Lipinski definition) is 3. The van der Waals surface area contributed by atoms with Gasteiger partial charge in [0.15, 0.2) is 0 Å². The molecule has 0 radical (unpaired) electrons. The Morgan fingerprint density at radius 1 is 1.28 bits per heavy atom. The van der Waals surface area contributed by atoms with E-state index in [4.69, 9.17) is 11.5 Å². The highest BCUT2D eigenvalue weighted by Gasteiger charge is 2.07. The van der Waals surface area contributed by atoms with Gasteiger partial charge in [0.05, 0.1) is 4.92 Å². The van der Waals surface area contributed by atoms with Crippen LogP contribution < -0.4 is 16.8 Å². The van der Waals surface area contributed by atoms with E-state index >= 15 is 0 Å². The van der Waals surface area contributed by atoms with Crippen LogP contribution in [-0.2, 0) is 6.42 Å². The maximum absolute atomic E-state index is 10.5. The summed E-state index contributed by atoms with van der Waals surface area (Å²) in [6.07, 6.45) is 0.684. The molecule has 0 saturated heterocycles. The Morgan fingerprint density at radius 3 is 2.39 bits per heavy atom. The van der Waals surface area contributed by atoms with Crippen molar-refractivity contribution in [1.82, 2.24) is 5.32 Å². The fourth-order valence-corrected chi connectivity index (χ4v) is 1.63. The van der Waals surface area contributed by atoms with Gasteiger partial charge in [-0.2, -0.15) is 0 Å². The molecule has 6 nitrogen and oxygen atoms in total. The summed E-state index contributed by atoms with van der Waals surface area (Å²) in [5, 5.41) is 13.7. The molecule has 0 spiro atoms. The summed E-state index contributed by atoms with van der Waals surface area (Å²) < 4.78 is 0. The minimum absolute atomic E-state index is 0.0230. The minimum atomic E-state index is -0.409. The zero-order chi connectivity index (χ0) is 13.5. The van der Waals surface area contributed by atoms with Crippen molar-refractivity contribution in [2.75, 3.05) is 13.1 Å². The van der Waals surface area contributed by atoms with Crippen molar-refractivity contribution in [1.29, 1.82) is 0 Å². The zero-order valence-corrected chi connectivity index (χ0v) is 10.5. The van der Waals surface area contributed by atoms with Crippen LogP contribution in [0.4, 0.5) is 5.69 Å². The van der Waals surface area contributed by atoms with Crippen LogP contribution in [0.25, 0.3) is 0 Å². The molecule has 0 aliphatic carbocycles. The zero-order valence-electron chi connectivity index (χ0n) is 10.5. The largest absolute Gasteiger partial charge is 0.327 e. The van der Waals surface area contributed by atoms with Gasteiger partial charge in [-0.25, -0.2) is 0 Å². The van der Waals surface area contributed by atoms with E-state index < -0.39 is 4.92 Å². The molecule has 0 aromatic heterocycles. The first-order valence-corrected chi connectivity index (χ1v) is 5.94. The Kier molecular flexibility index (Phi) is 5.70. The summed E-state index contributed by atoms with van der Waals surface area (Å²) in [4.78, 5) is 10.1. The molecule has 0 bridgehead atoms. The molecule has 0 aliphatic rings. The first-order chi connectivity index (χ1) is 8.49. The van der Waals surface area contributed by atoms with Crippen molar-refractivity contribution >= 4 is 5.69 Å². The molecule has 0 aliphatic heterocycles. The molecule has 18 heavy (non-hydrogen) atoms. The van der Waals surface area contributed by atoms with Gasteiger partial charge in [-0.3, -0.25) is 10.1 Å². The quantitative estimate of drug-likeness (QED) is 0.481. The van der Waals surface area contributed by atoms with Crippen LogP contribution in [0.5, 0.6) is 0 Å². The Labute approximate surface area is 107 Å². The number of nitrogens with one attached hydrogen (secondary N) is 1. The third-order valence-electron chi connectivity index (χ3n) is 2.52. The number of non-ortho nitro benzene ring substituents is 1. The monoisotopic (exact) mass is 252 g/mol.